The number of fused-ring (bicyclic) bond motifs is 1. The molecule has 7 nitrogen and oxygen atoms in total. The Morgan fingerprint density at radius 2 is 1.89 bits per heavy atom. The van der Waals surface area contributed by atoms with Crippen molar-refractivity contribution in [2.24, 2.45) is 0 Å². The van der Waals surface area contributed by atoms with Crippen LogP contribution in [0.15, 0.2) is 48.5 Å². The van der Waals surface area contributed by atoms with Crippen LogP contribution in [-0.4, -0.2) is 32.6 Å². The SMILES string of the molecule is O=C(CC1CC(=O)Oc2ccccc21)Nc1ccc(N2CCCS2(=O)=O)cc1. The number of carbonyl (C=O) groups excluding carboxylic acids is 2. The summed E-state index contributed by atoms with van der Waals surface area (Å²) in [6, 6.07) is 14.0. The van der Waals surface area contributed by atoms with E-state index in [1.165, 1.54) is 4.31 Å². The van der Waals surface area contributed by atoms with Gasteiger partial charge >= 0.3 is 5.97 Å². The summed E-state index contributed by atoms with van der Waals surface area (Å²) in [6.45, 7) is 0.477. The lowest BCUT2D eigenvalue weighted by Gasteiger charge is -2.24. The largest absolute Gasteiger partial charge is 0.426 e. The highest BCUT2D eigenvalue weighted by molar-refractivity contribution is 7.93. The number of para-hydroxylation sites is 1. The average Bonchev–Trinajstić information content (AvgIpc) is 3.01. The standard InChI is InChI=1S/C20H20N2O5S/c23-19(12-14-13-20(24)27-18-5-2-1-4-17(14)18)21-15-6-8-16(9-7-15)22-10-3-11-28(22,25)26/h1-2,4-9,14H,3,10-13H2,(H,21,23). The van der Waals surface area contributed by atoms with E-state index in [0.29, 0.717) is 30.1 Å². The number of benzene rings is 2. The van der Waals surface area contributed by atoms with Crippen LogP contribution in [0.1, 0.15) is 30.7 Å². The maximum atomic E-state index is 12.5. The molecule has 146 valence electrons. The summed E-state index contributed by atoms with van der Waals surface area (Å²) in [4.78, 5) is 24.3. The van der Waals surface area contributed by atoms with Gasteiger partial charge in [-0.1, -0.05) is 18.2 Å². The van der Waals surface area contributed by atoms with Gasteiger partial charge in [0.05, 0.1) is 17.9 Å². The normalized spacial score (nSPS) is 20.4. The zero-order valence-electron chi connectivity index (χ0n) is 15.1. The van der Waals surface area contributed by atoms with E-state index in [2.05, 4.69) is 5.32 Å². The van der Waals surface area contributed by atoms with Crippen molar-refractivity contribution in [2.45, 2.75) is 25.2 Å². The van der Waals surface area contributed by atoms with Crippen LogP contribution in [0, 0.1) is 0 Å². The van der Waals surface area contributed by atoms with Crippen LogP contribution in [-0.2, 0) is 19.6 Å². The molecule has 1 atom stereocenters. The predicted octanol–water partition coefficient (Wildman–Crippen LogP) is 2.65. The Labute approximate surface area is 163 Å². The molecule has 28 heavy (non-hydrogen) atoms. The lowest BCUT2D eigenvalue weighted by atomic mass is 9.89. The summed E-state index contributed by atoms with van der Waals surface area (Å²) in [5, 5.41) is 2.81. The number of nitrogens with zero attached hydrogens (tertiary/aromatic N) is 1. The molecular weight excluding hydrogens is 380 g/mol. The van der Waals surface area contributed by atoms with Crippen LogP contribution in [0.4, 0.5) is 11.4 Å². The highest BCUT2D eigenvalue weighted by atomic mass is 32.2. The molecule has 2 aromatic rings. The fourth-order valence-corrected chi connectivity index (χ4v) is 5.21. The second-order valence-electron chi connectivity index (χ2n) is 6.95. The minimum atomic E-state index is -3.23. The van der Waals surface area contributed by atoms with Crippen molar-refractivity contribution >= 4 is 33.3 Å². The van der Waals surface area contributed by atoms with E-state index >= 15 is 0 Å². The summed E-state index contributed by atoms with van der Waals surface area (Å²) in [6.07, 6.45) is 0.941. The number of esters is 1. The van der Waals surface area contributed by atoms with E-state index in [9.17, 15) is 18.0 Å². The van der Waals surface area contributed by atoms with E-state index < -0.39 is 10.0 Å². The van der Waals surface area contributed by atoms with Crippen LogP contribution in [0.25, 0.3) is 0 Å². The van der Waals surface area contributed by atoms with Gasteiger partial charge in [-0.3, -0.25) is 13.9 Å². The third kappa shape index (κ3) is 3.73. The van der Waals surface area contributed by atoms with Gasteiger partial charge in [-0.2, -0.15) is 0 Å². The van der Waals surface area contributed by atoms with Gasteiger partial charge < -0.3 is 10.1 Å². The molecule has 0 radical (unpaired) electrons. The van der Waals surface area contributed by atoms with Crippen LogP contribution < -0.4 is 14.4 Å². The number of hydrogen-bond donors (Lipinski definition) is 1. The molecule has 1 fully saturated rings. The van der Waals surface area contributed by atoms with Gasteiger partial charge in [0.15, 0.2) is 0 Å². The van der Waals surface area contributed by atoms with Crippen molar-refractivity contribution in [2.75, 3.05) is 21.9 Å². The lowest BCUT2D eigenvalue weighted by Crippen LogP contribution is -2.25. The third-order valence-electron chi connectivity index (χ3n) is 4.97. The maximum absolute atomic E-state index is 12.5. The lowest BCUT2D eigenvalue weighted by molar-refractivity contribution is -0.136. The molecule has 2 heterocycles. The zero-order chi connectivity index (χ0) is 19.7. The van der Waals surface area contributed by atoms with E-state index in [0.717, 1.165) is 5.56 Å². The number of anilines is 2. The van der Waals surface area contributed by atoms with Crippen LogP contribution in [0.3, 0.4) is 0 Å². The Kier molecular flexibility index (Phi) is 4.80. The minimum Gasteiger partial charge on any atom is -0.426 e. The molecule has 4 rings (SSSR count). The molecule has 1 saturated heterocycles. The van der Waals surface area contributed by atoms with Crippen molar-refractivity contribution in [3.8, 4) is 5.75 Å². The first-order valence-corrected chi connectivity index (χ1v) is 10.7. The zero-order valence-corrected chi connectivity index (χ0v) is 15.9. The first kappa shape index (κ1) is 18.5. The number of carbonyl (C=O) groups is 2. The fourth-order valence-electron chi connectivity index (χ4n) is 3.64. The van der Waals surface area contributed by atoms with Gasteiger partial charge in [-0.25, -0.2) is 8.42 Å². The molecule has 0 spiro atoms. The second kappa shape index (κ2) is 7.27. The van der Waals surface area contributed by atoms with Crippen molar-refractivity contribution in [3.05, 3.63) is 54.1 Å². The molecule has 2 aliphatic rings. The van der Waals surface area contributed by atoms with Gasteiger partial charge in [-0.05, 0) is 42.3 Å². The van der Waals surface area contributed by atoms with Crippen molar-refractivity contribution < 1.29 is 22.7 Å². The van der Waals surface area contributed by atoms with Gasteiger partial charge in [-0.15, -0.1) is 0 Å². The predicted molar refractivity (Wildman–Crippen MR) is 105 cm³/mol. The summed E-state index contributed by atoms with van der Waals surface area (Å²) in [5.41, 5.74) is 2.03. The molecule has 2 aliphatic heterocycles. The molecule has 1 N–H and O–H groups in total. The topological polar surface area (TPSA) is 92.8 Å². The quantitative estimate of drug-likeness (QED) is 0.629. The number of amides is 1. The van der Waals surface area contributed by atoms with E-state index in [4.69, 9.17) is 4.74 Å². The molecular formula is C20H20N2O5S. The molecule has 8 heteroatoms. The second-order valence-corrected chi connectivity index (χ2v) is 8.97. The molecule has 1 unspecified atom stereocenters. The average molecular weight is 400 g/mol. The molecule has 1 amide bonds. The van der Waals surface area contributed by atoms with Crippen molar-refractivity contribution in [1.82, 2.24) is 0 Å². The van der Waals surface area contributed by atoms with Crippen LogP contribution in [0.5, 0.6) is 5.75 Å². The summed E-state index contributed by atoms with van der Waals surface area (Å²) in [7, 11) is -3.23. The molecule has 0 saturated carbocycles. The van der Waals surface area contributed by atoms with Crippen molar-refractivity contribution in [3.63, 3.8) is 0 Å². The Balaban J connectivity index is 1.43. The number of nitrogens with one attached hydrogen (secondary N) is 1. The first-order valence-electron chi connectivity index (χ1n) is 9.12. The summed E-state index contributed by atoms with van der Waals surface area (Å²) < 4.78 is 30.6. The Bertz CT molecular complexity index is 1020. The van der Waals surface area contributed by atoms with Crippen LogP contribution in [0.2, 0.25) is 0 Å². The highest BCUT2D eigenvalue weighted by Gasteiger charge is 2.29. The van der Waals surface area contributed by atoms with E-state index in [1.54, 1.807) is 36.4 Å². The van der Waals surface area contributed by atoms with Gasteiger partial charge in [0.1, 0.15) is 5.75 Å². The number of ether oxygens (including phenoxy) is 1. The Hall–Kier alpha value is -2.87. The van der Waals surface area contributed by atoms with Crippen molar-refractivity contribution in [1.29, 1.82) is 0 Å². The van der Waals surface area contributed by atoms with E-state index in [-0.39, 0.29) is 36.4 Å². The maximum Gasteiger partial charge on any atom is 0.311 e. The number of sulfonamides is 1. The van der Waals surface area contributed by atoms with Gasteiger partial charge in [0, 0.05) is 24.6 Å². The molecule has 0 aliphatic carbocycles. The van der Waals surface area contributed by atoms with E-state index in [1.807, 2.05) is 12.1 Å². The minimum absolute atomic E-state index is 0.161. The third-order valence-corrected chi connectivity index (χ3v) is 6.84. The van der Waals surface area contributed by atoms with Gasteiger partial charge in [0.2, 0.25) is 15.9 Å². The summed E-state index contributed by atoms with van der Waals surface area (Å²) >= 11 is 0. The highest BCUT2D eigenvalue weighted by Crippen LogP contribution is 2.36. The summed E-state index contributed by atoms with van der Waals surface area (Å²) in [5.74, 6) is -0.112. The van der Waals surface area contributed by atoms with Crippen LogP contribution >= 0.6 is 0 Å². The molecule has 0 bridgehead atoms. The Morgan fingerprint density at radius 1 is 1.14 bits per heavy atom. The number of rotatable bonds is 4. The smallest absolute Gasteiger partial charge is 0.311 e. The molecule has 2 aromatic carbocycles. The Morgan fingerprint density at radius 3 is 2.61 bits per heavy atom. The first-order chi connectivity index (χ1) is 13.4. The fraction of sp³-hybridized carbons (Fsp3) is 0.300. The number of hydrogen-bond acceptors (Lipinski definition) is 5. The monoisotopic (exact) mass is 400 g/mol. The van der Waals surface area contributed by atoms with Gasteiger partial charge in [0.25, 0.3) is 0 Å². The molecule has 0 aromatic heterocycles.